The van der Waals surface area contributed by atoms with Crippen molar-refractivity contribution in [3.8, 4) is 11.8 Å². The maximum atomic E-state index is 12.8. The number of rotatable bonds is 7. The van der Waals surface area contributed by atoms with Gasteiger partial charge in [0.25, 0.3) is 0 Å². The summed E-state index contributed by atoms with van der Waals surface area (Å²) in [4.78, 5) is 13.8. The third-order valence-corrected chi connectivity index (χ3v) is 3.96. The van der Waals surface area contributed by atoms with Gasteiger partial charge >= 0.3 is 23.9 Å². The molecule has 0 amide bonds. The van der Waals surface area contributed by atoms with Crippen molar-refractivity contribution >= 4 is 5.82 Å². The van der Waals surface area contributed by atoms with Crippen LogP contribution >= 0.6 is 0 Å². The smallest absolute Gasteiger partial charge is 0.456 e. The number of aromatic nitrogens is 2. The van der Waals surface area contributed by atoms with Crippen LogP contribution in [0.4, 0.5) is 27.8 Å². The van der Waals surface area contributed by atoms with Crippen LogP contribution in [0.15, 0.2) is 30.5 Å². The number of fused-ring (bicyclic) bond motifs is 1. The summed E-state index contributed by atoms with van der Waals surface area (Å²) in [5.74, 6) is -5.43. The van der Waals surface area contributed by atoms with E-state index in [-0.39, 0.29) is 37.3 Å². The number of benzene rings is 1. The van der Waals surface area contributed by atoms with Gasteiger partial charge in [0, 0.05) is 4.98 Å². The lowest BCUT2D eigenvalue weighted by molar-refractivity contribution is -0.389. The van der Waals surface area contributed by atoms with Crippen molar-refractivity contribution in [3.05, 3.63) is 46.1 Å². The Labute approximate surface area is 159 Å². The van der Waals surface area contributed by atoms with Crippen LogP contribution in [0, 0.1) is 10.1 Å². The van der Waals surface area contributed by atoms with Gasteiger partial charge in [-0.25, -0.2) is 0 Å². The van der Waals surface area contributed by atoms with E-state index >= 15 is 0 Å². The molecule has 158 valence electrons. The zero-order valence-corrected chi connectivity index (χ0v) is 14.6. The standard InChI is InChI=1S/C16H14F5N3O5/c17-15(18,16(19,20)21)9-29-11-3-1-10(2-4-11)7-27-12-5-23-6-13(24(25)26)22-14(23)28-8-12/h1-4,6,12H,5,7-9H2. The maximum Gasteiger partial charge on any atom is 0.456 e. The average Bonchev–Trinajstić information content (AvgIpc) is 3.08. The highest BCUT2D eigenvalue weighted by Crippen LogP contribution is 2.35. The van der Waals surface area contributed by atoms with Crippen molar-refractivity contribution in [2.24, 2.45) is 0 Å². The number of nitro groups is 1. The summed E-state index contributed by atoms with van der Waals surface area (Å²) in [5, 5.41) is 10.7. The van der Waals surface area contributed by atoms with Crippen molar-refractivity contribution in [2.45, 2.75) is 31.4 Å². The highest BCUT2D eigenvalue weighted by Gasteiger charge is 2.58. The number of nitrogens with zero attached hydrogens (tertiary/aromatic N) is 3. The zero-order chi connectivity index (χ0) is 21.2. The predicted octanol–water partition coefficient (Wildman–Crippen LogP) is 3.35. The molecule has 0 bridgehead atoms. The second kappa shape index (κ2) is 7.81. The molecular formula is C16H14F5N3O5. The molecule has 1 aromatic carbocycles. The van der Waals surface area contributed by atoms with Crippen LogP contribution in [0.1, 0.15) is 5.56 Å². The first-order chi connectivity index (χ1) is 13.5. The number of imidazole rings is 1. The zero-order valence-electron chi connectivity index (χ0n) is 14.6. The van der Waals surface area contributed by atoms with E-state index in [0.29, 0.717) is 5.56 Å². The first-order valence-corrected chi connectivity index (χ1v) is 8.17. The molecule has 0 radical (unpaired) electrons. The molecule has 29 heavy (non-hydrogen) atoms. The van der Waals surface area contributed by atoms with Gasteiger partial charge in [-0.05, 0) is 22.6 Å². The van der Waals surface area contributed by atoms with Crippen LogP contribution in [0.25, 0.3) is 0 Å². The van der Waals surface area contributed by atoms with Crippen LogP contribution in [0.5, 0.6) is 11.8 Å². The molecule has 2 aromatic rings. The van der Waals surface area contributed by atoms with E-state index in [1.54, 1.807) is 0 Å². The molecule has 0 aliphatic carbocycles. The lowest BCUT2D eigenvalue weighted by atomic mass is 10.2. The van der Waals surface area contributed by atoms with Gasteiger partial charge in [0.1, 0.15) is 24.7 Å². The monoisotopic (exact) mass is 423 g/mol. The van der Waals surface area contributed by atoms with Gasteiger partial charge in [-0.3, -0.25) is 4.57 Å². The maximum absolute atomic E-state index is 12.8. The molecule has 13 heteroatoms. The van der Waals surface area contributed by atoms with Crippen LogP contribution in [0.2, 0.25) is 0 Å². The van der Waals surface area contributed by atoms with Crippen molar-refractivity contribution < 1.29 is 41.1 Å². The fourth-order valence-electron chi connectivity index (χ4n) is 2.41. The molecular weight excluding hydrogens is 409 g/mol. The molecule has 0 spiro atoms. The summed E-state index contributed by atoms with van der Waals surface area (Å²) in [7, 11) is 0. The van der Waals surface area contributed by atoms with Gasteiger partial charge in [-0.2, -0.15) is 22.0 Å². The Bertz CT molecular complexity index is 869. The first-order valence-electron chi connectivity index (χ1n) is 8.17. The fraction of sp³-hybridized carbons (Fsp3) is 0.438. The predicted molar refractivity (Wildman–Crippen MR) is 85.9 cm³/mol. The molecule has 1 aromatic heterocycles. The molecule has 0 fully saturated rings. The summed E-state index contributed by atoms with van der Waals surface area (Å²) >= 11 is 0. The molecule has 1 atom stereocenters. The quantitative estimate of drug-likeness (QED) is 0.386. The Hall–Kier alpha value is -2.96. The van der Waals surface area contributed by atoms with Gasteiger partial charge in [-0.15, -0.1) is 0 Å². The minimum absolute atomic E-state index is 0.0964. The number of ether oxygens (including phenoxy) is 3. The van der Waals surface area contributed by atoms with Crippen molar-refractivity contribution in [1.29, 1.82) is 0 Å². The molecule has 0 saturated heterocycles. The van der Waals surface area contributed by atoms with Gasteiger partial charge in [0.15, 0.2) is 6.61 Å². The summed E-state index contributed by atoms with van der Waals surface area (Å²) in [6, 6.07) is 5.53. The van der Waals surface area contributed by atoms with Crippen molar-refractivity contribution in [2.75, 3.05) is 13.2 Å². The van der Waals surface area contributed by atoms with E-state index < -0.39 is 29.7 Å². The number of halogens is 5. The van der Waals surface area contributed by atoms with Gasteiger partial charge in [-0.1, -0.05) is 12.1 Å². The van der Waals surface area contributed by atoms with Gasteiger partial charge in [0.2, 0.25) is 0 Å². The Morgan fingerprint density at radius 2 is 1.93 bits per heavy atom. The Morgan fingerprint density at radius 3 is 2.55 bits per heavy atom. The van der Waals surface area contributed by atoms with Crippen LogP contribution in [0.3, 0.4) is 0 Å². The lowest BCUT2D eigenvalue weighted by Gasteiger charge is -2.22. The normalized spacial score (nSPS) is 16.8. The van der Waals surface area contributed by atoms with E-state index in [0.717, 1.165) is 0 Å². The second-order valence-electron chi connectivity index (χ2n) is 6.17. The summed E-state index contributed by atoms with van der Waals surface area (Å²) in [6.45, 7) is -1.31. The molecule has 3 rings (SSSR count). The van der Waals surface area contributed by atoms with E-state index in [9.17, 15) is 32.1 Å². The van der Waals surface area contributed by atoms with Crippen molar-refractivity contribution in [1.82, 2.24) is 9.55 Å². The molecule has 1 aliphatic rings. The summed E-state index contributed by atoms with van der Waals surface area (Å²) in [6.07, 6.45) is -4.87. The minimum Gasteiger partial charge on any atom is -0.487 e. The van der Waals surface area contributed by atoms with Crippen LogP contribution in [-0.4, -0.2) is 45.9 Å². The highest BCUT2D eigenvalue weighted by molar-refractivity contribution is 5.27. The van der Waals surface area contributed by atoms with Gasteiger partial charge in [0.05, 0.1) is 13.2 Å². The van der Waals surface area contributed by atoms with E-state index in [2.05, 4.69) is 9.72 Å². The molecule has 0 N–H and O–H groups in total. The molecule has 8 nitrogen and oxygen atoms in total. The van der Waals surface area contributed by atoms with Crippen LogP contribution < -0.4 is 9.47 Å². The van der Waals surface area contributed by atoms with Crippen LogP contribution in [-0.2, 0) is 17.9 Å². The largest absolute Gasteiger partial charge is 0.487 e. The molecule has 2 heterocycles. The SMILES string of the molecule is O=[N+]([O-])c1cn2c(n1)OCC(OCc1ccc(OCC(F)(F)C(F)(F)F)cc1)C2. The second-order valence-corrected chi connectivity index (χ2v) is 6.17. The number of alkyl halides is 5. The third kappa shape index (κ3) is 4.91. The molecule has 1 aliphatic heterocycles. The lowest BCUT2D eigenvalue weighted by Crippen LogP contribution is -2.41. The average molecular weight is 423 g/mol. The first kappa shape index (κ1) is 20.8. The van der Waals surface area contributed by atoms with E-state index in [1.165, 1.54) is 35.0 Å². The third-order valence-electron chi connectivity index (χ3n) is 3.96. The Morgan fingerprint density at radius 1 is 1.24 bits per heavy atom. The summed E-state index contributed by atoms with van der Waals surface area (Å²) < 4.78 is 78.9. The van der Waals surface area contributed by atoms with Crippen molar-refractivity contribution in [3.63, 3.8) is 0 Å². The minimum atomic E-state index is -5.68. The molecule has 1 unspecified atom stereocenters. The Kier molecular flexibility index (Phi) is 5.59. The topological polar surface area (TPSA) is 88.7 Å². The van der Waals surface area contributed by atoms with E-state index in [4.69, 9.17) is 9.47 Å². The summed E-state index contributed by atoms with van der Waals surface area (Å²) in [5.41, 5.74) is 0.613. The Balaban J connectivity index is 1.50. The fourth-order valence-corrected chi connectivity index (χ4v) is 2.41. The number of hydrogen-bond acceptors (Lipinski definition) is 6. The van der Waals surface area contributed by atoms with E-state index in [1.807, 2.05) is 0 Å². The highest BCUT2D eigenvalue weighted by atomic mass is 19.4. The number of hydrogen-bond donors (Lipinski definition) is 0. The molecule has 0 saturated carbocycles. The van der Waals surface area contributed by atoms with Gasteiger partial charge < -0.3 is 24.3 Å².